The molecule has 2 bridgehead atoms. The first-order valence-electron chi connectivity index (χ1n) is 17.9. The number of esters is 1. The minimum atomic E-state index is -3.50. The van der Waals surface area contributed by atoms with Crippen molar-refractivity contribution < 1.29 is 32.3 Å². The predicted molar refractivity (Wildman–Crippen MR) is 198 cm³/mol. The number of nitrogens with one attached hydrogen (secondary N) is 2. The standard InChI is InChI=1S/C37H55N5O7S2/c1-9-24(4)29(16-33(44)37-18-27(19-37)21-41(37)6)36(46)42(7)31(23(2)3)17-32(49-25(5)43)35-40-30(22-50-35)34(45)39-28(20-38-51(8,47)48)15-26-13-11-10-12-14-26/h10-14,22-24,27-29,31-32,38H,9,15-21H2,1-8H3,(H,39,45)/t24-,27?,28-,29-,31+,32+,37?/m0/s1. The molecule has 1 aromatic carbocycles. The number of fused-ring (bicyclic) bond motifs is 1. The topological polar surface area (TPSA) is 155 Å². The van der Waals surface area contributed by atoms with Gasteiger partial charge < -0.3 is 15.0 Å². The van der Waals surface area contributed by atoms with Crippen molar-refractivity contribution in [3.8, 4) is 0 Å². The van der Waals surface area contributed by atoms with E-state index in [0.717, 1.165) is 37.6 Å². The fourth-order valence-corrected chi connectivity index (χ4v) is 8.93. The Balaban J connectivity index is 1.50. The van der Waals surface area contributed by atoms with E-state index in [1.54, 1.807) is 17.3 Å². The molecule has 5 rings (SSSR count). The number of sulfonamides is 1. The van der Waals surface area contributed by atoms with E-state index in [2.05, 4.69) is 19.9 Å². The number of rotatable bonds is 19. The maximum absolute atomic E-state index is 14.3. The first kappa shape index (κ1) is 40.6. The molecule has 2 N–H and O–H groups in total. The number of thiazole rings is 1. The lowest BCUT2D eigenvalue weighted by atomic mass is 9.68. The van der Waals surface area contributed by atoms with Gasteiger partial charge in [0.05, 0.1) is 11.8 Å². The lowest BCUT2D eigenvalue weighted by Crippen LogP contribution is -2.53. The average molecular weight is 746 g/mol. The number of aromatic nitrogens is 1. The summed E-state index contributed by atoms with van der Waals surface area (Å²) in [6.45, 7) is 10.3. The number of carbonyl (C=O) groups excluding carboxylic acids is 4. The van der Waals surface area contributed by atoms with Gasteiger partial charge in [-0.25, -0.2) is 18.1 Å². The van der Waals surface area contributed by atoms with Crippen molar-refractivity contribution in [2.75, 3.05) is 33.4 Å². The monoisotopic (exact) mass is 745 g/mol. The maximum atomic E-state index is 14.3. The second-order valence-corrected chi connectivity index (χ2v) is 17.7. The molecule has 3 aliphatic rings. The quantitative estimate of drug-likeness (QED) is 0.201. The predicted octanol–water partition coefficient (Wildman–Crippen LogP) is 4.23. The van der Waals surface area contributed by atoms with Crippen LogP contribution >= 0.6 is 11.3 Å². The number of benzene rings is 1. The van der Waals surface area contributed by atoms with Crippen LogP contribution in [-0.4, -0.2) is 97.8 Å². The summed E-state index contributed by atoms with van der Waals surface area (Å²) in [6, 6.07) is 8.50. The van der Waals surface area contributed by atoms with Crippen LogP contribution in [0.5, 0.6) is 0 Å². The molecule has 0 spiro atoms. The first-order chi connectivity index (χ1) is 23.9. The number of hydrogen-bond donors (Lipinski definition) is 2. The molecule has 1 aromatic heterocycles. The van der Waals surface area contributed by atoms with Gasteiger partial charge in [-0.1, -0.05) is 64.4 Å². The highest BCUT2D eigenvalue weighted by Gasteiger charge is 2.59. The van der Waals surface area contributed by atoms with Gasteiger partial charge in [-0.3, -0.25) is 24.1 Å². The van der Waals surface area contributed by atoms with Gasteiger partial charge in [0.1, 0.15) is 10.7 Å². The molecule has 3 heterocycles. The van der Waals surface area contributed by atoms with Crippen LogP contribution in [0.2, 0.25) is 0 Å². The number of Topliss-reactive ketones (excluding diaryl/α,β-unsaturated/α-hetero) is 1. The van der Waals surface area contributed by atoms with Gasteiger partial charge in [-0.05, 0) is 49.6 Å². The summed E-state index contributed by atoms with van der Waals surface area (Å²) in [5.74, 6) is -0.899. The van der Waals surface area contributed by atoms with Gasteiger partial charge in [-0.15, -0.1) is 11.3 Å². The molecule has 282 valence electrons. The maximum Gasteiger partial charge on any atom is 0.303 e. The second-order valence-electron chi connectivity index (χ2n) is 15.0. The fraction of sp³-hybridized carbons (Fsp3) is 0.649. The molecule has 2 saturated heterocycles. The van der Waals surface area contributed by atoms with Crippen molar-refractivity contribution in [1.82, 2.24) is 24.8 Å². The van der Waals surface area contributed by atoms with Gasteiger partial charge in [0.15, 0.2) is 11.9 Å². The van der Waals surface area contributed by atoms with Gasteiger partial charge in [0.25, 0.3) is 5.91 Å². The third-order valence-corrected chi connectivity index (χ3v) is 12.4. The number of likely N-dealkylation sites (N-methyl/N-ethyl adjacent to an activating group) is 1. The summed E-state index contributed by atoms with van der Waals surface area (Å²) in [7, 11) is 0.269. The molecule has 14 heteroatoms. The Morgan fingerprint density at radius 1 is 1.14 bits per heavy atom. The molecular weight excluding hydrogens is 691 g/mol. The number of nitrogens with zero attached hydrogens (tertiary/aromatic N) is 3. The van der Waals surface area contributed by atoms with E-state index in [1.165, 1.54) is 18.3 Å². The van der Waals surface area contributed by atoms with E-state index in [-0.39, 0.29) is 54.6 Å². The van der Waals surface area contributed by atoms with Crippen molar-refractivity contribution in [3.63, 3.8) is 0 Å². The number of ketones is 1. The Hall–Kier alpha value is -3.20. The van der Waals surface area contributed by atoms with Crippen molar-refractivity contribution in [3.05, 3.63) is 52.0 Å². The Kier molecular flexibility index (Phi) is 13.6. The third-order valence-electron chi connectivity index (χ3n) is 10.7. The van der Waals surface area contributed by atoms with E-state index in [0.29, 0.717) is 17.3 Å². The van der Waals surface area contributed by atoms with Crippen molar-refractivity contribution in [2.24, 2.45) is 23.7 Å². The fourth-order valence-electron chi connectivity index (χ4n) is 7.59. The molecule has 2 aliphatic heterocycles. The largest absolute Gasteiger partial charge is 0.455 e. The molecular formula is C37H55N5O7S2. The summed E-state index contributed by atoms with van der Waals surface area (Å²) in [6.07, 6.45) is 3.57. The summed E-state index contributed by atoms with van der Waals surface area (Å²) < 4.78 is 31.9. The normalized spacial score (nSPS) is 21.6. The first-order valence-corrected chi connectivity index (χ1v) is 20.6. The van der Waals surface area contributed by atoms with Crippen molar-refractivity contribution in [2.45, 2.75) is 96.9 Å². The van der Waals surface area contributed by atoms with Crippen LogP contribution in [0.3, 0.4) is 0 Å². The molecule has 0 unspecified atom stereocenters. The molecule has 2 amide bonds. The smallest absolute Gasteiger partial charge is 0.303 e. The van der Waals surface area contributed by atoms with E-state index in [4.69, 9.17) is 4.74 Å². The average Bonchev–Trinajstić information content (AvgIpc) is 3.76. The van der Waals surface area contributed by atoms with E-state index in [9.17, 15) is 27.6 Å². The highest BCUT2D eigenvalue weighted by Crippen LogP contribution is 2.51. The third kappa shape index (κ3) is 10.2. The second kappa shape index (κ2) is 17.1. The Bertz CT molecular complexity index is 1640. The van der Waals surface area contributed by atoms with Crippen LogP contribution in [0.4, 0.5) is 0 Å². The molecule has 3 fully saturated rings. The van der Waals surface area contributed by atoms with Crippen LogP contribution in [0, 0.1) is 23.7 Å². The summed E-state index contributed by atoms with van der Waals surface area (Å²) in [4.78, 5) is 62.2. The Morgan fingerprint density at radius 3 is 2.35 bits per heavy atom. The summed E-state index contributed by atoms with van der Waals surface area (Å²) >= 11 is 1.18. The minimum Gasteiger partial charge on any atom is -0.455 e. The van der Waals surface area contributed by atoms with Crippen LogP contribution in [0.15, 0.2) is 35.7 Å². The molecule has 5 atom stereocenters. The Morgan fingerprint density at radius 2 is 1.80 bits per heavy atom. The number of carbonyl (C=O) groups is 4. The zero-order valence-corrected chi connectivity index (χ0v) is 32.8. The Labute approximate surface area is 307 Å². The lowest BCUT2D eigenvalue weighted by Gasteiger charge is -2.41. The number of hydrogen-bond acceptors (Lipinski definition) is 10. The van der Waals surface area contributed by atoms with Crippen molar-refractivity contribution in [1.29, 1.82) is 0 Å². The molecule has 51 heavy (non-hydrogen) atoms. The molecule has 0 radical (unpaired) electrons. The van der Waals surface area contributed by atoms with Gasteiger partial charge in [0, 0.05) is 63.3 Å². The van der Waals surface area contributed by atoms with E-state index >= 15 is 0 Å². The van der Waals surface area contributed by atoms with E-state index < -0.39 is 45.5 Å². The zero-order chi connectivity index (χ0) is 37.7. The van der Waals surface area contributed by atoms with Crippen LogP contribution in [0.1, 0.15) is 93.9 Å². The van der Waals surface area contributed by atoms with Crippen LogP contribution < -0.4 is 10.0 Å². The number of ether oxygens (including phenoxy) is 1. The highest BCUT2D eigenvalue weighted by atomic mass is 32.2. The van der Waals surface area contributed by atoms with Gasteiger partial charge in [-0.2, -0.15) is 0 Å². The summed E-state index contributed by atoms with van der Waals surface area (Å²) in [5.41, 5.74) is 0.598. The molecule has 2 aromatic rings. The van der Waals surface area contributed by atoms with Crippen LogP contribution in [0.25, 0.3) is 0 Å². The van der Waals surface area contributed by atoms with Crippen LogP contribution in [-0.2, 0) is 35.6 Å². The SMILES string of the molecule is CC[C@H](C)[C@H](CC(=O)C12CC(CN1C)C2)C(=O)N(C)[C@H](C[C@@H](OC(C)=O)c1nc(C(=O)N[C@H](CNS(C)(=O)=O)Cc2ccccc2)cs1)C(C)C. The lowest BCUT2D eigenvalue weighted by molar-refractivity contribution is -0.150. The van der Waals surface area contributed by atoms with E-state index in [1.807, 2.05) is 65.1 Å². The molecule has 1 aliphatic carbocycles. The number of amides is 2. The minimum absolute atomic E-state index is 0.00153. The van der Waals surface area contributed by atoms with Crippen molar-refractivity contribution >= 4 is 44.9 Å². The van der Waals surface area contributed by atoms with Gasteiger partial charge >= 0.3 is 5.97 Å². The summed E-state index contributed by atoms with van der Waals surface area (Å²) in [5, 5.41) is 4.89. The van der Waals surface area contributed by atoms with Gasteiger partial charge in [0.2, 0.25) is 15.9 Å². The zero-order valence-electron chi connectivity index (χ0n) is 31.2. The molecule has 1 saturated carbocycles. The molecule has 12 nitrogen and oxygen atoms in total. The highest BCUT2D eigenvalue weighted by molar-refractivity contribution is 7.88.